The van der Waals surface area contributed by atoms with E-state index in [0.717, 1.165) is 32.1 Å². The first-order chi connectivity index (χ1) is 16.6. The summed E-state index contributed by atoms with van der Waals surface area (Å²) in [4.78, 5) is 34.4. The van der Waals surface area contributed by atoms with Crippen LogP contribution in [0.25, 0.3) is 11.6 Å². The second-order valence-electron chi connectivity index (χ2n) is 8.43. The van der Waals surface area contributed by atoms with E-state index in [1.54, 1.807) is 12.1 Å². The Morgan fingerprint density at radius 1 is 1.29 bits per heavy atom. The first-order valence-electron chi connectivity index (χ1n) is 11.2. The Balaban J connectivity index is 1.48. The van der Waals surface area contributed by atoms with Crippen molar-refractivity contribution in [1.29, 1.82) is 0 Å². The molecule has 1 aromatic heterocycles. The third-order valence-corrected chi connectivity index (χ3v) is 6.11. The number of fused-ring (bicyclic) bond motifs is 1. The number of carbonyl (C=O) groups excluding carboxylic acids is 2. The van der Waals surface area contributed by atoms with E-state index >= 15 is 0 Å². The Labute approximate surface area is 204 Å². The van der Waals surface area contributed by atoms with Crippen molar-refractivity contribution in [2.45, 2.75) is 32.4 Å². The lowest BCUT2D eigenvalue weighted by Crippen LogP contribution is -2.39. The van der Waals surface area contributed by atoms with Crippen LogP contribution >= 0.6 is 11.6 Å². The highest BCUT2D eigenvalue weighted by Crippen LogP contribution is 2.43. The van der Waals surface area contributed by atoms with Gasteiger partial charge in [0.1, 0.15) is 5.56 Å². The van der Waals surface area contributed by atoms with Gasteiger partial charge in [0.05, 0.1) is 17.0 Å². The van der Waals surface area contributed by atoms with Crippen LogP contribution in [0.3, 0.4) is 0 Å². The Morgan fingerprint density at radius 2 is 2.03 bits per heavy atom. The Kier molecular flexibility index (Phi) is 7.27. The minimum atomic E-state index is -4.83. The summed E-state index contributed by atoms with van der Waals surface area (Å²) in [5, 5.41) is 5.51. The lowest BCUT2D eigenvalue weighted by atomic mass is 10.0. The first-order valence-corrected chi connectivity index (χ1v) is 11.6. The SMILES string of the molecule is Cc1[nH]c(/C=C2\C(=O)Nc3ccc(Cl)cc32)c(C(F)(F)F)c1ONC(=O)NCCCN1CCCC1. The summed E-state index contributed by atoms with van der Waals surface area (Å²) in [5.74, 6) is -1.14. The average Bonchev–Trinajstić information content (AvgIpc) is 3.48. The molecule has 0 bridgehead atoms. The van der Waals surface area contributed by atoms with Crippen LogP contribution < -0.4 is 21.0 Å². The first kappa shape index (κ1) is 24.9. The molecule has 1 saturated heterocycles. The van der Waals surface area contributed by atoms with Crippen LogP contribution in [0.1, 0.15) is 41.8 Å². The minimum absolute atomic E-state index is 0.0181. The van der Waals surface area contributed by atoms with Crippen LogP contribution in [0.4, 0.5) is 23.7 Å². The molecule has 0 atom stereocenters. The van der Waals surface area contributed by atoms with Gasteiger partial charge >= 0.3 is 12.2 Å². The number of anilines is 1. The van der Waals surface area contributed by atoms with Crippen molar-refractivity contribution in [2.75, 3.05) is 31.5 Å². The molecular weight excluding hydrogens is 487 g/mol. The van der Waals surface area contributed by atoms with Gasteiger partial charge in [-0.05, 0) is 70.1 Å². The second kappa shape index (κ2) is 10.2. The second-order valence-corrected chi connectivity index (χ2v) is 8.87. The fourth-order valence-corrected chi connectivity index (χ4v) is 4.41. The maximum absolute atomic E-state index is 14.0. The highest BCUT2D eigenvalue weighted by Gasteiger charge is 2.40. The zero-order valence-corrected chi connectivity index (χ0v) is 19.7. The van der Waals surface area contributed by atoms with Crippen molar-refractivity contribution in [3.8, 4) is 5.75 Å². The molecule has 0 aliphatic carbocycles. The number of likely N-dealkylation sites (tertiary alicyclic amines) is 1. The smallest absolute Gasteiger partial charge is 0.375 e. The summed E-state index contributed by atoms with van der Waals surface area (Å²) in [7, 11) is 0. The number of hydroxylamine groups is 1. The number of aromatic amines is 1. The van der Waals surface area contributed by atoms with Gasteiger partial charge in [-0.15, -0.1) is 0 Å². The largest absolute Gasteiger partial charge is 0.422 e. The van der Waals surface area contributed by atoms with Gasteiger partial charge in [-0.3, -0.25) is 4.79 Å². The van der Waals surface area contributed by atoms with E-state index < -0.39 is 29.4 Å². The fraction of sp³-hybridized carbons (Fsp3) is 0.391. The number of nitrogens with one attached hydrogen (secondary N) is 4. The molecule has 2 aromatic rings. The quantitative estimate of drug-likeness (QED) is 0.249. The van der Waals surface area contributed by atoms with Crippen LogP contribution in [0.2, 0.25) is 5.02 Å². The number of benzene rings is 1. The number of nitrogens with zero attached hydrogens (tertiary/aromatic N) is 1. The van der Waals surface area contributed by atoms with Crippen molar-refractivity contribution in [1.82, 2.24) is 20.7 Å². The fourth-order valence-electron chi connectivity index (χ4n) is 4.24. The monoisotopic (exact) mass is 511 g/mol. The summed E-state index contributed by atoms with van der Waals surface area (Å²) >= 11 is 6.00. The molecule has 188 valence electrons. The number of H-pyrrole nitrogens is 1. The van der Waals surface area contributed by atoms with Crippen LogP contribution in [-0.4, -0.2) is 48.0 Å². The van der Waals surface area contributed by atoms with E-state index in [2.05, 4.69) is 20.5 Å². The van der Waals surface area contributed by atoms with Gasteiger partial charge < -0.3 is 25.4 Å². The van der Waals surface area contributed by atoms with Crippen LogP contribution in [-0.2, 0) is 11.0 Å². The Morgan fingerprint density at radius 3 is 2.74 bits per heavy atom. The number of rotatable bonds is 7. The third kappa shape index (κ3) is 5.73. The van der Waals surface area contributed by atoms with Gasteiger partial charge in [0.25, 0.3) is 5.91 Å². The molecule has 0 saturated carbocycles. The lowest BCUT2D eigenvalue weighted by Gasteiger charge is -2.15. The molecule has 8 nitrogen and oxygen atoms in total. The molecule has 0 unspecified atom stereocenters. The zero-order chi connectivity index (χ0) is 25.2. The molecule has 2 aliphatic rings. The van der Waals surface area contributed by atoms with Crippen molar-refractivity contribution < 1.29 is 27.6 Å². The Bertz CT molecular complexity index is 1160. The molecule has 4 rings (SSSR count). The van der Waals surface area contributed by atoms with Gasteiger partial charge in [0.15, 0.2) is 5.75 Å². The molecule has 3 amide bonds. The highest BCUT2D eigenvalue weighted by molar-refractivity contribution is 6.36. The van der Waals surface area contributed by atoms with E-state index in [1.165, 1.54) is 25.8 Å². The van der Waals surface area contributed by atoms with Crippen molar-refractivity contribution >= 4 is 40.9 Å². The van der Waals surface area contributed by atoms with E-state index in [0.29, 0.717) is 22.8 Å². The van der Waals surface area contributed by atoms with Crippen molar-refractivity contribution in [3.05, 3.63) is 45.7 Å². The van der Waals surface area contributed by atoms with Crippen LogP contribution in [0, 0.1) is 6.92 Å². The molecule has 35 heavy (non-hydrogen) atoms. The zero-order valence-electron chi connectivity index (χ0n) is 18.9. The van der Waals surface area contributed by atoms with Crippen molar-refractivity contribution in [2.24, 2.45) is 0 Å². The predicted molar refractivity (Wildman–Crippen MR) is 126 cm³/mol. The minimum Gasteiger partial charge on any atom is -0.375 e. The third-order valence-electron chi connectivity index (χ3n) is 5.88. The molecule has 0 spiro atoms. The number of hydrogen-bond donors (Lipinski definition) is 4. The number of amides is 3. The lowest BCUT2D eigenvalue weighted by molar-refractivity contribution is -0.139. The summed E-state index contributed by atoms with van der Waals surface area (Å²) in [5.41, 5.74) is 1.38. The van der Waals surface area contributed by atoms with Gasteiger partial charge in [-0.1, -0.05) is 11.6 Å². The molecule has 12 heteroatoms. The van der Waals surface area contributed by atoms with E-state index in [-0.39, 0.29) is 17.0 Å². The number of urea groups is 1. The summed E-state index contributed by atoms with van der Waals surface area (Å²) in [6.07, 6.45) is -0.674. The van der Waals surface area contributed by atoms with E-state index in [4.69, 9.17) is 16.4 Å². The molecular formula is C23H25ClF3N5O3. The van der Waals surface area contributed by atoms with Gasteiger partial charge in [0, 0.05) is 22.8 Å². The summed E-state index contributed by atoms with van der Waals surface area (Å²) in [6, 6.07) is 3.89. The number of alkyl halides is 3. The summed E-state index contributed by atoms with van der Waals surface area (Å²) < 4.78 is 42.0. The van der Waals surface area contributed by atoms with Gasteiger partial charge in [-0.2, -0.15) is 18.7 Å². The standard InChI is InChI=1S/C23H25ClF3N5O3/c1-13-20(35-31-22(34)28-7-4-10-32-8-2-3-9-32)19(23(25,26)27)18(29-13)12-16-15-11-14(24)5-6-17(15)30-21(16)33/h5-6,11-12,29H,2-4,7-10H2,1H3,(H,30,33)(H2,28,31,34)/b16-12-. The average molecular weight is 512 g/mol. The molecule has 0 radical (unpaired) electrons. The van der Waals surface area contributed by atoms with Gasteiger partial charge in [0.2, 0.25) is 0 Å². The predicted octanol–water partition coefficient (Wildman–Crippen LogP) is 4.57. The van der Waals surface area contributed by atoms with Crippen LogP contribution in [0.15, 0.2) is 18.2 Å². The number of aryl methyl sites for hydroxylation is 1. The number of hydrogen-bond acceptors (Lipinski definition) is 4. The van der Waals surface area contributed by atoms with E-state index in [9.17, 15) is 22.8 Å². The Hall–Kier alpha value is -3.18. The summed E-state index contributed by atoms with van der Waals surface area (Å²) in [6.45, 7) is 4.67. The van der Waals surface area contributed by atoms with Crippen molar-refractivity contribution in [3.63, 3.8) is 0 Å². The highest BCUT2D eigenvalue weighted by atomic mass is 35.5. The number of halogens is 4. The molecule has 3 heterocycles. The van der Waals surface area contributed by atoms with Crippen LogP contribution in [0.5, 0.6) is 5.75 Å². The van der Waals surface area contributed by atoms with Gasteiger partial charge in [-0.25, -0.2) is 4.79 Å². The number of aromatic nitrogens is 1. The molecule has 1 aromatic carbocycles. The van der Waals surface area contributed by atoms with E-state index in [1.807, 2.05) is 5.48 Å². The number of carbonyl (C=O) groups is 2. The molecule has 2 aliphatic heterocycles. The molecule has 1 fully saturated rings. The molecule has 4 N–H and O–H groups in total. The topological polar surface area (TPSA) is 98.5 Å². The normalized spacial score (nSPS) is 16.9. The maximum atomic E-state index is 14.0. The maximum Gasteiger partial charge on any atom is 0.422 e.